The number of aldehydes is 1. The van der Waals surface area contributed by atoms with Crippen LogP contribution in [-0.2, 0) is 9.53 Å². The number of rotatable bonds is 1. The van der Waals surface area contributed by atoms with Crippen LogP contribution in [0.15, 0.2) is 0 Å². The van der Waals surface area contributed by atoms with Gasteiger partial charge < -0.3 is 14.4 Å². The Balaban J connectivity index is 1.93. The summed E-state index contributed by atoms with van der Waals surface area (Å²) in [6.07, 6.45) is 0.766. The van der Waals surface area contributed by atoms with Gasteiger partial charge in [0.2, 0.25) is 0 Å². The van der Waals surface area contributed by atoms with Gasteiger partial charge in [-0.2, -0.15) is 0 Å². The van der Waals surface area contributed by atoms with Gasteiger partial charge in [0.05, 0.1) is 0 Å². The molecule has 2 aliphatic rings. The lowest BCUT2D eigenvalue weighted by Crippen LogP contribution is -2.38. The quantitative estimate of drug-likeness (QED) is 0.638. The van der Waals surface area contributed by atoms with E-state index in [1.807, 2.05) is 20.8 Å². The van der Waals surface area contributed by atoms with Gasteiger partial charge in [0.15, 0.2) is 0 Å². The van der Waals surface area contributed by atoms with Crippen molar-refractivity contribution in [3.05, 3.63) is 0 Å². The number of hydrogen-bond acceptors (Lipinski definition) is 3. The monoisotopic (exact) mass is 225 g/mol. The number of hydrogen-bond donors (Lipinski definition) is 0. The van der Waals surface area contributed by atoms with Crippen LogP contribution >= 0.6 is 0 Å². The van der Waals surface area contributed by atoms with Crippen LogP contribution in [0, 0.1) is 17.3 Å². The van der Waals surface area contributed by atoms with Crippen molar-refractivity contribution in [2.24, 2.45) is 17.3 Å². The summed E-state index contributed by atoms with van der Waals surface area (Å²) >= 11 is 0. The number of fused-ring (bicyclic) bond motifs is 1. The maximum Gasteiger partial charge on any atom is 0.410 e. The third-order valence-corrected chi connectivity index (χ3v) is 3.68. The van der Waals surface area contributed by atoms with Gasteiger partial charge in [0.25, 0.3) is 0 Å². The largest absolute Gasteiger partial charge is 0.444 e. The molecule has 0 spiro atoms. The van der Waals surface area contributed by atoms with E-state index >= 15 is 0 Å². The summed E-state index contributed by atoms with van der Waals surface area (Å²) in [6, 6.07) is 0. The Hall–Kier alpha value is -1.06. The van der Waals surface area contributed by atoms with E-state index in [9.17, 15) is 9.59 Å². The molecule has 1 saturated heterocycles. The first-order valence-corrected chi connectivity index (χ1v) is 5.71. The van der Waals surface area contributed by atoms with Gasteiger partial charge >= 0.3 is 6.09 Å². The van der Waals surface area contributed by atoms with Crippen molar-refractivity contribution in [1.82, 2.24) is 4.90 Å². The highest BCUT2D eigenvalue weighted by Gasteiger charge is 2.66. The van der Waals surface area contributed by atoms with E-state index in [-0.39, 0.29) is 17.4 Å². The summed E-state index contributed by atoms with van der Waals surface area (Å²) in [5.74, 6) is 0.490. The molecule has 1 amide bonds. The van der Waals surface area contributed by atoms with Crippen LogP contribution in [0.25, 0.3) is 0 Å². The highest BCUT2D eigenvalue weighted by molar-refractivity contribution is 5.71. The van der Waals surface area contributed by atoms with Crippen molar-refractivity contribution in [2.45, 2.75) is 33.3 Å². The molecule has 0 aromatic carbocycles. The summed E-state index contributed by atoms with van der Waals surface area (Å²) in [5.41, 5.74) is -0.437. The summed E-state index contributed by atoms with van der Waals surface area (Å²) < 4.78 is 5.30. The van der Waals surface area contributed by atoms with E-state index in [0.29, 0.717) is 19.0 Å². The molecule has 4 heteroatoms. The molecule has 0 radical (unpaired) electrons. The fourth-order valence-corrected chi connectivity index (χ4v) is 2.67. The van der Waals surface area contributed by atoms with Gasteiger partial charge in [-0.1, -0.05) is 6.92 Å². The third kappa shape index (κ3) is 1.70. The fourth-order valence-electron chi connectivity index (χ4n) is 2.67. The van der Waals surface area contributed by atoms with Crippen molar-refractivity contribution in [3.63, 3.8) is 0 Å². The van der Waals surface area contributed by atoms with E-state index < -0.39 is 5.60 Å². The lowest BCUT2D eigenvalue weighted by molar-refractivity contribution is -0.110. The highest BCUT2D eigenvalue weighted by Crippen LogP contribution is 2.61. The van der Waals surface area contributed by atoms with Crippen molar-refractivity contribution in [3.8, 4) is 0 Å². The third-order valence-electron chi connectivity index (χ3n) is 3.68. The molecule has 1 aliphatic carbocycles. The number of likely N-dealkylation sites (tertiary alicyclic amines) is 1. The van der Waals surface area contributed by atoms with Gasteiger partial charge in [0, 0.05) is 24.4 Å². The minimum atomic E-state index is -0.450. The first-order chi connectivity index (χ1) is 7.28. The molecule has 4 nitrogen and oxygen atoms in total. The average Bonchev–Trinajstić information content (AvgIpc) is 2.47. The van der Waals surface area contributed by atoms with Gasteiger partial charge in [-0.3, -0.25) is 0 Å². The van der Waals surface area contributed by atoms with E-state index in [4.69, 9.17) is 4.74 Å². The van der Waals surface area contributed by atoms with Crippen LogP contribution in [0.2, 0.25) is 0 Å². The molecule has 2 fully saturated rings. The zero-order chi connectivity index (χ0) is 12.1. The first kappa shape index (κ1) is 11.4. The predicted molar refractivity (Wildman–Crippen MR) is 59.0 cm³/mol. The van der Waals surface area contributed by atoms with Crippen LogP contribution in [0.4, 0.5) is 4.79 Å². The summed E-state index contributed by atoms with van der Waals surface area (Å²) in [4.78, 5) is 24.3. The van der Waals surface area contributed by atoms with E-state index in [1.54, 1.807) is 4.90 Å². The first-order valence-electron chi connectivity index (χ1n) is 5.71. The number of ether oxygens (including phenoxy) is 1. The highest BCUT2D eigenvalue weighted by atomic mass is 16.6. The molecule has 1 heterocycles. The summed E-state index contributed by atoms with van der Waals surface area (Å²) in [5, 5.41) is 0. The molecule has 0 aromatic heterocycles. The Morgan fingerprint density at radius 3 is 2.50 bits per heavy atom. The molecule has 0 bridgehead atoms. The predicted octanol–water partition coefficient (Wildman–Crippen LogP) is 1.69. The summed E-state index contributed by atoms with van der Waals surface area (Å²) in [6.45, 7) is 8.96. The molecular weight excluding hydrogens is 206 g/mol. The normalized spacial score (nSPS) is 36.9. The molecule has 1 saturated carbocycles. The van der Waals surface area contributed by atoms with Gasteiger partial charge in [0.1, 0.15) is 11.9 Å². The molecule has 3 atom stereocenters. The van der Waals surface area contributed by atoms with Crippen LogP contribution in [0.1, 0.15) is 27.7 Å². The van der Waals surface area contributed by atoms with Gasteiger partial charge in [-0.05, 0) is 26.7 Å². The van der Waals surface area contributed by atoms with Crippen molar-refractivity contribution >= 4 is 12.4 Å². The number of carbonyl (C=O) groups excluding carboxylic acids is 2. The van der Waals surface area contributed by atoms with Crippen molar-refractivity contribution < 1.29 is 14.3 Å². The number of nitrogens with zero attached hydrogens (tertiary/aromatic N) is 1. The smallest absolute Gasteiger partial charge is 0.410 e. The second-order valence-corrected chi connectivity index (χ2v) is 6.14. The van der Waals surface area contributed by atoms with E-state index in [2.05, 4.69) is 6.92 Å². The number of piperidine rings is 1. The van der Waals surface area contributed by atoms with Crippen LogP contribution in [0.3, 0.4) is 0 Å². The lowest BCUT2D eigenvalue weighted by Gasteiger charge is -2.26. The minimum absolute atomic E-state index is 0.0126. The second kappa shape index (κ2) is 3.22. The Morgan fingerprint density at radius 1 is 1.50 bits per heavy atom. The standard InChI is InChI=1S/C12H19NO3/c1-11(2,3)16-10(15)13-5-8-9(6-14)12(8,4)7-13/h6,8-9H,5,7H2,1-4H3. The molecule has 90 valence electrons. The Labute approximate surface area is 95.9 Å². The molecule has 16 heavy (non-hydrogen) atoms. The van der Waals surface area contributed by atoms with Crippen LogP contribution in [0.5, 0.6) is 0 Å². The molecule has 0 aromatic rings. The van der Waals surface area contributed by atoms with Crippen LogP contribution < -0.4 is 0 Å². The molecular formula is C12H19NO3. The Kier molecular flexibility index (Phi) is 2.30. The molecule has 0 N–H and O–H groups in total. The van der Waals surface area contributed by atoms with Gasteiger partial charge in [-0.25, -0.2) is 4.79 Å². The Bertz CT molecular complexity index is 334. The maximum atomic E-state index is 11.8. The zero-order valence-corrected chi connectivity index (χ0v) is 10.3. The fraction of sp³-hybridized carbons (Fsp3) is 0.833. The van der Waals surface area contributed by atoms with Crippen molar-refractivity contribution in [1.29, 1.82) is 0 Å². The van der Waals surface area contributed by atoms with Crippen LogP contribution in [-0.4, -0.2) is 36.0 Å². The topological polar surface area (TPSA) is 46.6 Å². The SMILES string of the molecule is CC(C)(C)OC(=O)N1CC2C(C=O)C2(C)C1. The maximum absolute atomic E-state index is 11.8. The molecule has 2 rings (SSSR count). The van der Waals surface area contributed by atoms with E-state index in [0.717, 1.165) is 6.29 Å². The number of amides is 1. The lowest BCUT2D eigenvalue weighted by atomic mass is 10.1. The molecule has 1 aliphatic heterocycles. The Morgan fingerprint density at radius 2 is 2.12 bits per heavy atom. The average molecular weight is 225 g/mol. The second-order valence-electron chi connectivity index (χ2n) is 6.14. The minimum Gasteiger partial charge on any atom is -0.444 e. The zero-order valence-electron chi connectivity index (χ0n) is 10.3. The number of carbonyl (C=O) groups is 2. The summed E-state index contributed by atoms with van der Waals surface area (Å²) in [7, 11) is 0. The molecule has 3 unspecified atom stereocenters. The van der Waals surface area contributed by atoms with Gasteiger partial charge in [-0.15, -0.1) is 0 Å². The van der Waals surface area contributed by atoms with Crippen molar-refractivity contribution in [2.75, 3.05) is 13.1 Å². The van der Waals surface area contributed by atoms with E-state index in [1.165, 1.54) is 0 Å².